The molecule has 0 aliphatic carbocycles. The first-order valence-corrected chi connectivity index (χ1v) is 8.79. The molecule has 0 saturated carbocycles. The maximum Gasteiger partial charge on any atom is 0.460 e. The molecular weight excluding hydrogens is 472 g/mol. The van der Waals surface area contributed by atoms with Crippen LogP contribution < -0.4 is 5.73 Å². The summed E-state index contributed by atoms with van der Waals surface area (Å²) in [5.74, 6) is -13.1. The number of nitrogens with two attached hydrogens (primary N) is 1. The van der Waals surface area contributed by atoms with Crippen molar-refractivity contribution in [3.8, 4) is 22.6 Å². The van der Waals surface area contributed by atoms with Crippen LogP contribution >= 0.6 is 0 Å². The van der Waals surface area contributed by atoms with Gasteiger partial charge in [0.1, 0.15) is 5.69 Å². The Morgan fingerprint density at radius 3 is 1.64 bits per heavy atom. The van der Waals surface area contributed by atoms with E-state index in [0.717, 1.165) is 12.1 Å². The van der Waals surface area contributed by atoms with Gasteiger partial charge in [-0.25, -0.2) is 9.97 Å². The van der Waals surface area contributed by atoms with Gasteiger partial charge in [-0.1, -0.05) is 24.3 Å². The molecule has 0 bridgehead atoms. The molecule has 0 saturated heterocycles. The summed E-state index contributed by atoms with van der Waals surface area (Å²) in [5, 5.41) is 0. The zero-order valence-corrected chi connectivity index (χ0v) is 15.9. The van der Waals surface area contributed by atoms with Gasteiger partial charge in [0.2, 0.25) is 0 Å². The van der Waals surface area contributed by atoms with E-state index < -0.39 is 47.0 Å². The Bertz CT molecular complexity index is 1130. The zero-order valence-electron chi connectivity index (χ0n) is 15.9. The molecule has 3 rings (SSSR count). The Labute approximate surface area is 178 Å². The molecule has 1 aromatic heterocycles. The van der Waals surface area contributed by atoms with Gasteiger partial charge in [-0.05, 0) is 30.3 Å². The lowest BCUT2D eigenvalue weighted by Gasteiger charge is -2.28. The first-order valence-electron chi connectivity index (χ1n) is 8.79. The van der Waals surface area contributed by atoms with E-state index in [-0.39, 0.29) is 22.9 Å². The summed E-state index contributed by atoms with van der Waals surface area (Å²) in [6.07, 6.45) is -11.4. The molecule has 1 heterocycles. The molecule has 2 N–H and O–H groups in total. The number of halogens is 10. The van der Waals surface area contributed by atoms with Gasteiger partial charge in [0.25, 0.3) is 0 Å². The third kappa shape index (κ3) is 4.57. The molecule has 0 amide bonds. The third-order valence-electron chi connectivity index (χ3n) is 4.48. The highest BCUT2D eigenvalue weighted by atomic mass is 19.4. The van der Waals surface area contributed by atoms with Crippen LogP contribution in [0.2, 0.25) is 0 Å². The lowest BCUT2D eigenvalue weighted by Crippen LogP contribution is -2.50. The third-order valence-corrected chi connectivity index (χ3v) is 4.48. The molecule has 2 aromatic carbocycles. The topological polar surface area (TPSA) is 51.8 Å². The van der Waals surface area contributed by atoms with E-state index in [1.165, 1.54) is 24.3 Å². The minimum atomic E-state index is -6.61. The number of hydrogen-bond donors (Lipinski definition) is 1. The summed E-state index contributed by atoms with van der Waals surface area (Å²) in [6, 6.07) is 7.94. The number of aromatic nitrogens is 2. The van der Waals surface area contributed by atoms with Crippen LogP contribution in [0.3, 0.4) is 0 Å². The van der Waals surface area contributed by atoms with Crippen molar-refractivity contribution in [1.82, 2.24) is 9.97 Å². The van der Waals surface area contributed by atoms with Crippen molar-refractivity contribution in [2.24, 2.45) is 0 Å². The number of rotatable bonds is 4. The van der Waals surface area contributed by atoms with Crippen molar-refractivity contribution in [1.29, 1.82) is 0 Å². The predicted octanol–water partition coefficient (Wildman–Crippen LogP) is 6.70. The maximum absolute atomic E-state index is 14.4. The molecule has 33 heavy (non-hydrogen) atoms. The van der Waals surface area contributed by atoms with Gasteiger partial charge in [-0.2, -0.15) is 43.9 Å². The average Bonchev–Trinajstić information content (AvgIpc) is 2.72. The molecule has 0 radical (unpaired) electrons. The Balaban J connectivity index is 2.22. The van der Waals surface area contributed by atoms with Crippen LogP contribution in [0.1, 0.15) is 11.3 Å². The molecule has 3 aromatic rings. The van der Waals surface area contributed by atoms with E-state index in [9.17, 15) is 43.9 Å². The summed E-state index contributed by atoms with van der Waals surface area (Å²) in [6.45, 7) is 0. The van der Waals surface area contributed by atoms with Crippen LogP contribution in [0.15, 0.2) is 54.6 Å². The maximum atomic E-state index is 14.4. The first kappa shape index (κ1) is 24.3. The zero-order chi connectivity index (χ0) is 24.8. The molecule has 0 fully saturated rings. The second-order valence-electron chi connectivity index (χ2n) is 6.81. The Morgan fingerprint density at radius 1 is 0.636 bits per heavy atom. The Hall–Kier alpha value is -3.38. The fraction of sp³-hybridized carbons (Fsp3) is 0.200. The van der Waals surface area contributed by atoms with Gasteiger partial charge < -0.3 is 5.73 Å². The fourth-order valence-corrected chi connectivity index (χ4v) is 2.69. The number of hydrogen-bond acceptors (Lipinski definition) is 3. The van der Waals surface area contributed by atoms with Crippen LogP contribution in [-0.4, -0.2) is 22.1 Å². The quantitative estimate of drug-likeness (QED) is 0.332. The number of alkyl halides is 10. The van der Waals surface area contributed by atoms with E-state index in [1.54, 1.807) is 0 Å². The number of benzene rings is 2. The number of anilines is 1. The van der Waals surface area contributed by atoms with Gasteiger partial charge in [0.15, 0.2) is 5.82 Å². The van der Waals surface area contributed by atoms with E-state index in [4.69, 9.17) is 5.73 Å². The van der Waals surface area contributed by atoms with E-state index in [1.807, 2.05) is 0 Å². The minimum Gasteiger partial charge on any atom is -0.399 e. The summed E-state index contributed by atoms with van der Waals surface area (Å²) < 4.78 is 132. The smallest absolute Gasteiger partial charge is 0.399 e. The van der Waals surface area contributed by atoms with Gasteiger partial charge in [-0.3, -0.25) is 0 Å². The normalized spacial score (nSPS) is 13.3. The molecule has 0 spiro atoms. The second-order valence-corrected chi connectivity index (χ2v) is 6.81. The van der Waals surface area contributed by atoms with E-state index >= 15 is 0 Å². The molecule has 13 heteroatoms. The van der Waals surface area contributed by atoms with Crippen molar-refractivity contribution in [2.75, 3.05) is 5.73 Å². The number of nitrogens with zero attached hydrogens (tertiary/aromatic N) is 2. The standard InChI is InChI=1S/C20H11F10N3/c21-17(22,19(26,27)20(28,29)30)15-9-14(10-3-7-13(31)8-4-10)32-16(33-15)11-1-5-12(6-2-11)18(23,24)25/h1-9H,31H2. The Kier molecular flexibility index (Phi) is 5.80. The molecule has 0 unspecified atom stereocenters. The van der Waals surface area contributed by atoms with Gasteiger partial charge in [0, 0.05) is 16.8 Å². The second kappa shape index (κ2) is 7.89. The molecule has 176 valence electrons. The van der Waals surface area contributed by atoms with Crippen molar-refractivity contribution in [3.63, 3.8) is 0 Å². The average molecular weight is 483 g/mol. The predicted molar refractivity (Wildman–Crippen MR) is 97.2 cm³/mol. The monoisotopic (exact) mass is 483 g/mol. The van der Waals surface area contributed by atoms with Crippen molar-refractivity contribution in [3.05, 3.63) is 65.9 Å². The van der Waals surface area contributed by atoms with Crippen LogP contribution in [0.25, 0.3) is 22.6 Å². The van der Waals surface area contributed by atoms with Gasteiger partial charge >= 0.3 is 24.2 Å². The summed E-state index contributed by atoms with van der Waals surface area (Å²) in [7, 11) is 0. The fourth-order valence-electron chi connectivity index (χ4n) is 2.69. The van der Waals surface area contributed by atoms with Crippen molar-refractivity contribution < 1.29 is 43.9 Å². The van der Waals surface area contributed by atoms with E-state index in [2.05, 4.69) is 9.97 Å². The minimum absolute atomic E-state index is 0.00661. The highest BCUT2D eigenvalue weighted by Crippen LogP contribution is 2.51. The van der Waals surface area contributed by atoms with Crippen LogP contribution in [-0.2, 0) is 12.1 Å². The Morgan fingerprint density at radius 2 is 1.15 bits per heavy atom. The van der Waals surface area contributed by atoms with Gasteiger partial charge in [0.05, 0.1) is 11.3 Å². The summed E-state index contributed by atoms with van der Waals surface area (Å²) >= 11 is 0. The van der Waals surface area contributed by atoms with Crippen molar-refractivity contribution in [2.45, 2.75) is 24.2 Å². The summed E-state index contributed by atoms with van der Waals surface area (Å²) in [5.41, 5.74) is 1.85. The number of nitrogen functional groups attached to an aromatic ring is 1. The first-order chi connectivity index (χ1) is 15.0. The largest absolute Gasteiger partial charge is 0.460 e. The van der Waals surface area contributed by atoms with Crippen LogP contribution in [0.5, 0.6) is 0 Å². The highest BCUT2D eigenvalue weighted by Gasteiger charge is 2.74. The van der Waals surface area contributed by atoms with E-state index in [0.29, 0.717) is 12.1 Å². The lowest BCUT2D eigenvalue weighted by molar-refractivity contribution is -0.360. The lowest BCUT2D eigenvalue weighted by atomic mass is 10.0. The molecule has 0 aliphatic heterocycles. The van der Waals surface area contributed by atoms with Crippen LogP contribution in [0.4, 0.5) is 49.6 Å². The van der Waals surface area contributed by atoms with Crippen molar-refractivity contribution >= 4 is 5.69 Å². The molecule has 0 atom stereocenters. The SMILES string of the molecule is Nc1ccc(-c2cc(C(F)(F)C(F)(F)C(F)(F)F)nc(-c3ccc(C(F)(F)F)cc3)n2)cc1. The highest BCUT2D eigenvalue weighted by molar-refractivity contribution is 5.66. The van der Waals surface area contributed by atoms with Crippen LogP contribution in [0, 0.1) is 0 Å². The van der Waals surface area contributed by atoms with Gasteiger partial charge in [-0.15, -0.1) is 0 Å². The molecule has 0 aliphatic rings. The summed E-state index contributed by atoms with van der Waals surface area (Å²) in [4.78, 5) is 7.00. The molecule has 3 nitrogen and oxygen atoms in total. The molecular formula is C20H11F10N3.